The normalized spacial score (nSPS) is 11.8. The fraction of sp³-hybridized carbons (Fsp3) is 0.222. The summed E-state index contributed by atoms with van der Waals surface area (Å²) >= 11 is 0. The van der Waals surface area contributed by atoms with E-state index in [0.717, 1.165) is 5.56 Å². The van der Waals surface area contributed by atoms with Crippen LogP contribution in [0.2, 0.25) is 0 Å². The molecule has 0 fully saturated rings. The van der Waals surface area contributed by atoms with Crippen molar-refractivity contribution in [1.82, 2.24) is 0 Å². The summed E-state index contributed by atoms with van der Waals surface area (Å²) in [7, 11) is 2.73. The molecule has 0 radical (unpaired) electrons. The molecule has 0 aliphatic heterocycles. The van der Waals surface area contributed by atoms with Crippen molar-refractivity contribution in [3.8, 4) is 17.6 Å². The monoisotopic (exact) mass is 476 g/mol. The van der Waals surface area contributed by atoms with Crippen molar-refractivity contribution in [1.29, 1.82) is 5.26 Å². The number of carbonyl (C=O) groups is 1. The van der Waals surface area contributed by atoms with Gasteiger partial charge >= 0.3 is 5.97 Å². The van der Waals surface area contributed by atoms with Crippen molar-refractivity contribution < 1.29 is 28.2 Å². The van der Waals surface area contributed by atoms with Crippen LogP contribution in [0.25, 0.3) is 0 Å². The van der Waals surface area contributed by atoms with E-state index in [2.05, 4.69) is 16.0 Å². The van der Waals surface area contributed by atoms with Crippen LogP contribution in [0, 0.1) is 17.1 Å². The standard InChI is InChI=1S/C27H25FN2O5/c1-32-27(31)15-22(16-29)20-9-11-23(12-10-20)34-17-19-8-13-26(24(28)14-19)35-18-25(30-33-2)21-6-4-3-5-7-21/h3-14,22H,15,17-18H2,1-2H3/b30-25-. The Hall–Kier alpha value is -4.38. The highest BCUT2D eigenvalue weighted by Crippen LogP contribution is 2.24. The zero-order valence-electron chi connectivity index (χ0n) is 19.4. The Morgan fingerprint density at radius 3 is 2.40 bits per heavy atom. The fourth-order valence-electron chi connectivity index (χ4n) is 3.25. The quantitative estimate of drug-likeness (QED) is 0.220. The van der Waals surface area contributed by atoms with Crippen LogP contribution >= 0.6 is 0 Å². The Morgan fingerprint density at radius 1 is 1.03 bits per heavy atom. The summed E-state index contributed by atoms with van der Waals surface area (Å²) in [6, 6.07) is 22.9. The topological polar surface area (TPSA) is 90.1 Å². The van der Waals surface area contributed by atoms with Crippen molar-refractivity contribution in [2.75, 3.05) is 20.8 Å². The van der Waals surface area contributed by atoms with Crippen LogP contribution in [0.4, 0.5) is 4.39 Å². The van der Waals surface area contributed by atoms with Crippen molar-refractivity contribution in [2.45, 2.75) is 18.9 Å². The molecule has 3 aromatic rings. The van der Waals surface area contributed by atoms with Crippen LogP contribution in [-0.2, 0) is 21.0 Å². The summed E-state index contributed by atoms with van der Waals surface area (Å²) in [6.07, 6.45) is -0.0228. The van der Waals surface area contributed by atoms with E-state index in [9.17, 15) is 14.4 Å². The summed E-state index contributed by atoms with van der Waals surface area (Å²) in [6.45, 7) is 0.178. The van der Waals surface area contributed by atoms with E-state index in [-0.39, 0.29) is 25.4 Å². The van der Waals surface area contributed by atoms with Gasteiger partial charge in [-0.25, -0.2) is 4.39 Å². The number of rotatable bonds is 11. The molecular formula is C27H25FN2O5. The first-order chi connectivity index (χ1) is 17.0. The summed E-state index contributed by atoms with van der Waals surface area (Å²) in [5, 5.41) is 13.3. The van der Waals surface area contributed by atoms with Crippen molar-refractivity contribution >= 4 is 11.7 Å². The molecule has 0 saturated heterocycles. The van der Waals surface area contributed by atoms with Crippen molar-refractivity contribution in [2.24, 2.45) is 5.16 Å². The fourth-order valence-corrected chi connectivity index (χ4v) is 3.25. The van der Waals surface area contributed by atoms with E-state index in [1.165, 1.54) is 26.4 Å². The molecule has 180 valence electrons. The third kappa shape index (κ3) is 7.30. The second kappa shape index (κ2) is 12.8. The molecule has 0 amide bonds. The molecule has 1 unspecified atom stereocenters. The van der Waals surface area contributed by atoms with Gasteiger partial charge in [0.15, 0.2) is 11.6 Å². The Morgan fingerprint density at radius 2 is 1.77 bits per heavy atom. The second-order valence-corrected chi connectivity index (χ2v) is 7.46. The third-order valence-electron chi connectivity index (χ3n) is 5.11. The summed E-state index contributed by atoms with van der Waals surface area (Å²) in [5.74, 6) is -0.937. The number of methoxy groups -OCH3 is 1. The number of esters is 1. The summed E-state index contributed by atoms with van der Waals surface area (Å²) in [5.41, 5.74) is 2.66. The van der Waals surface area contributed by atoms with Crippen LogP contribution < -0.4 is 9.47 Å². The second-order valence-electron chi connectivity index (χ2n) is 7.46. The van der Waals surface area contributed by atoms with Gasteiger partial charge in [0.05, 0.1) is 25.5 Å². The summed E-state index contributed by atoms with van der Waals surface area (Å²) < 4.78 is 30.6. The van der Waals surface area contributed by atoms with Gasteiger partial charge in [0.2, 0.25) is 0 Å². The van der Waals surface area contributed by atoms with E-state index in [4.69, 9.17) is 14.3 Å². The van der Waals surface area contributed by atoms with Gasteiger partial charge in [0.1, 0.15) is 31.8 Å². The van der Waals surface area contributed by atoms with Gasteiger partial charge in [-0.05, 0) is 35.4 Å². The maximum atomic E-state index is 14.6. The highest BCUT2D eigenvalue weighted by Gasteiger charge is 2.16. The van der Waals surface area contributed by atoms with Gasteiger partial charge in [0, 0.05) is 5.56 Å². The SMILES string of the molecule is CO/N=C(/COc1ccc(COc2ccc(C(C#N)CC(=O)OC)cc2)cc1F)c1ccccc1. The minimum atomic E-state index is -0.602. The lowest BCUT2D eigenvalue weighted by Crippen LogP contribution is -2.14. The molecule has 1 atom stereocenters. The van der Waals surface area contributed by atoms with Gasteiger partial charge in [0.25, 0.3) is 0 Å². The lowest BCUT2D eigenvalue weighted by Gasteiger charge is -2.12. The van der Waals surface area contributed by atoms with E-state index >= 15 is 0 Å². The minimum absolute atomic E-state index is 0.0228. The van der Waals surface area contributed by atoms with E-state index in [0.29, 0.717) is 22.6 Å². The molecule has 0 aliphatic carbocycles. The predicted octanol–water partition coefficient (Wildman–Crippen LogP) is 5.00. The molecule has 7 nitrogen and oxygen atoms in total. The molecular weight excluding hydrogens is 451 g/mol. The number of carbonyl (C=O) groups excluding carboxylic acids is 1. The maximum Gasteiger partial charge on any atom is 0.307 e. The first kappa shape index (κ1) is 25.2. The number of hydrogen-bond acceptors (Lipinski definition) is 7. The molecule has 3 aromatic carbocycles. The van der Waals surface area contributed by atoms with Gasteiger partial charge in [-0.15, -0.1) is 0 Å². The highest BCUT2D eigenvalue weighted by molar-refractivity contribution is 6.01. The predicted molar refractivity (Wildman–Crippen MR) is 128 cm³/mol. The van der Waals surface area contributed by atoms with Crippen molar-refractivity contribution in [3.63, 3.8) is 0 Å². The number of ether oxygens (including phenoxy) is 3. The molecule has 0 N–H and O–H groups in total. The van der Waals surface area contributed by atoms with Crippen molar-refractivity contribution in [3.05, 3.63) is 95.3 Å². The molecule has 0 heterocycles. The van der Waals surface area contributed by atoms with Crippen LogP contribution in [0.1, 0.15) is 29.0 Å². The van der Waals surface area contributed by atoms with E-state index in [1.807, 2.05) is 30.3 Å². The Bertz CT molecular complexity index is 1190. The third-order valence-corrected chi connectivity index (χ3v) is 5.11. The van der Waals surface area contributed by atoms with Crippen LogP contribution in [0.15, 0.2) is 78.0 Å². The number of hydrogen-bond donors (Lipinski definition) is 0. The molecule has 0 saturated carbocycles. The number of nitriles is 1. The molecule has 0 bridgehead atoms. The summed E-state index contributed by atoms with van der Waals surface area (Å²) in [4.78, 5) is 16.3. The van der Waals surface area contributed by atoms with Gasteiger partial charge < -0.3 is 19.0 Å². The number of benzene rings is 3. The smallest absolute Gasteiger partial charge is 0.307 e. The zero-order chi connectivity index (χ0) is 25.0. The van der Waals surface area contributed by atoms with Gasteiger partial charge in [-0.1, -0.05) is 53.7 Å². The molecule has 8 heteroatoms. The minimum Gasteiger partial charge on any atom is -0.489 e. The number of halogens is 1. The molecule has 3 rings (SSSR count). The first-order valence-corrected chi connectivity index (χ1v) is 10.8. The zero-order valence-corrected chi connectivity index (χ0v) is 19.4. The van der Waals surface area contributed by atoms with Gasteiger partial charge in [-0.3, -0.25) is 4.79 Å². The highest BCUT2D eigenvalue weighted by atomic mass is 19.1. The number of oxime groups is 1. The Labute approximate surface area is 203 Å². The number of nitrogens with zero attached hydrogens (tertiary/aromatic N) is 2. The molecule has 0 aliphatic rings. The Kier molecular flexibility index (Phi) is 9.20. The van der Waals surface area contributed by atoms with Crippen LogP contribution in [0.5, 0.6) is 11.5 Å². The molecule has 0 spiro atoms. The Balaban J connectivity index is 1.58. The largest absolute Gasteiger partial charge is 0.489 e. The molecule has 0 aromatic heterocycles. The first-order valence-electron chi connectivity index (χ1n) is 10.8. The lowest BCUT2D eigenvalue weighted by atomic mass is 9.97. The van der Waals surface area contributed by atoms with E-state index in [1.54, 1.807) is 30.3 Å². The van der Waals surface area contributed by atoms with Crippen LogP contribution in [-0.4, -0.2) is 32.5 Å². The van der Waals surface area contributed by atoms with Gasteiger partial charge in [-0.2, -0.15) is 5.26 Å². The lowest BCUT2D eigenvalue weighted by molar-refractivity contribution is -0.140. The molecule has 35 heavy (non-hydrogen) atoms. The van der Waals surface area contributed by atoms with E-state index < -0.39 is 17.7 Å². The average molecular weight is 477 g/mol. The average Bonchev–Trinajstić information content (AvgIpc) is 2.90. The van der Waals surface area contributed by atoms with Crippen LogP contribution in [0.3, 0.4) is 0 Å². The maximum absolute atomic E-state index is 14.6.